The first-order valence-corrected chi connectivity index (χ1v) is 11.8. The molecule has 0 unspecified atom stereocenters. The van der Waals surface area contributed by atoms with E-state index in [1.165, 1.54) is 36.6 Å². The topological polar surface area (TPSA) is 54.3 Å². The van der Waals surface area contributed by atoms with Gasteiger partial charge in [-0.05, 0) is 43.9 Å². The van der Waals surface area contributed by atoms with Gasteiger partial charge in [-0.15, -0.1) is 10.2 Å². The Morgan fingerprint density at radius 3 is 2.42 bits per heavy atom. The van der Waals surface area contributed by atoms with Crippen molar-refractivity contribution in [3.63, 3.8) is 0 Å². The fourth-order valence-electron chi connectivity index (χ4n) is 3.75. The molecule has 1 amide bonds. The van der Waals surface area contributed by atoms with Gasteiger partial charge in [-0.2, -0.15) is 0 Å². The number of anilines is 1. The summed E-state index contributed by atoms with van der Waals surface area (Å²) < 4.78 is 2.09. The van der Waals surface area contributed by atoms with Gasteiger partial charge in [0.15, 0.2) is 5.16 Å². The third-order valence-electron chi connectivity index (χ3n) is 5.56. The summed E-state index contributed by atoms with van der Waals surface area (Å²) in [6, 6.07) is 18.5. The van der Waals surface area contributed by atoms with Crippen LogP contribution in [0.3, 0.4) is 0 Å². The first-order valence-electron chi connectivity index (χ1n) is 10.8. The van der Waals surface area contributed by atoms with E-state index in [1.54, 1.807) is 4.90 Å². The van der Waals surface area contributed by atoms with Gasteiger partial charge in [0.25, 0.3) is 0 Å². The molecule has 1 saturated heterocycles. The molecule has 1 aliphatic rings. The Hall–Kier alpha value is -2.80. The minimum absolute atomic E-state index is 0.0766. The van der Waals surface area contributed by atoms with Crippen molar-refractivity contribution >= 4 is 23.6 Å². The number of thioether (sulfide) groups is 1. The second-order valence-electron chi connectivity index (χ2n) is 8.03. The number of para-hydroxylation sites is 1. The van der Waals surface area contributed by atoms with E-state index in [9.17, 15) is 4.79 Å². The predicted molar refractivity (Wildman–Crippen MR) is 126 cm³/mol. The van der Waals surface area contributed by atoms with E-state index in [2.05, 4.69) is 63.0 Å². The summed E-state index contributed by atoms with van der Waals surface area (Å²) in [5, 5.41) is 9.72. The van der Waals surface area contributed by atoms with E-state index in [4.69, 9.17) is 0 Å². The number of benzene rings is 2. The molecular formula is C24H29N5OS. The first kappa shape index (κ1) is 21.4. The summed E-state index contributed by atoms with van der Waals surface area (Å²) >= 11 is 1.45. The van der Waals surface area contributed by atoms with Crippen LogP contribution in [0.25, 0.3) is 5.69 Å². The summed E-state index contributed by atoms with van der Waals surface area (Å²) in [6.07, 6.45) is 3.61. The Morgan fingerprint density at radius 1 is 1.00 bits per heavy atom. The second kappa shape index (κ2) is 10.0. The lowest BCUT2D eigenvalue weighted by atomic mass is 10.1. The van der Waals surface area contributed by atoms with Gasteiger partial charge in [-0.25, -0.2) is 0 Å². The molecule has 6 nitrogen and oxygen atoms in total. The van der Waals surface area contributed by atoms with Gasteiger partial charge in [0.05, 0.1) is 11.4 Å². The number of hydrogen-bond acceptors (Lipinski definition) is 5. The van der Waals surface area contributed by atoms with Crippen molar-refractivity contribution in [1.29, 1.82) is 0 Å². The molecule has 7 heteroatoms. The molecule has 0 saturated carbocycles. The van der Waals surface area contributed by atoms with Gasteiger partial charge < -0.3 is 9.80 Å². The number of amides is 1. The molecule has 1 fully saturated rings. The molecule has 0 spiro atoms. The number of carbonyl (C=O) groups excluding carboxylic acids is 1. The highest BCUT2D eigenvalue weighted by Gasteiger charge is 2.22. The van der Waals surface area contributed by atoms with E-state index in [0.29, 0.717) is 12.3 Å². The van der Waals surface area contributed by atoms with Crippen molar-refractivity contribution in [2.75, 3.05) is 30.8 Å². The average molecular weight is 436 g/mol. The van der Waals surface area contributed by atoms with Crippen LogP contribution in [0.4, 0.5) is 5.95 Å². The lowest BCUT2D eigenvalue weighted by molar-refractivity contribution is -0.127. The van der Waals surface area contributed by atoms with Crippen LogP contribution >= 0.6 is 11.8 Å². The van der Waals surface area contributed by atoms with Crippen molar-refractivity contribution in [2.45, 2.75) is 37.9 Å². The molecule has 0 N–H and O–H groups in total. The lowest BCUT2D eigenvalue weighted by Gasteiger charge is -2.27. The maximum Gasteiger partial charge on any atom is 0.233 e. The molecule has 31 heavy (non-hydrogen) atoms. The normalized spacial score (nSPS) is 13.9. The van der Waals surface area contributed by atoms with Gasteiger partial charge >= 0.3 is 0 Å². The molecule has 1 aromatic heterocycles. The maximum absolute atomic E-state index is 12.8. The molecule has 0 aliphatic carbocycles. The van der Waals surface area contributed by atoms with Crippen LogP contribution in [0, 0.1) is 6.92 Å². The minimum atomic E-state index is 0.0766. The highest BCUT2D eigenvalue weighted by molar-refractivity contribution is 7.99. The Balaban J connectivity index is 1.48. The van der Waals surface area contributed by atoms with Crippen LogP contribution in [0.2, 0.25) is 0 Å². The first-order chi connectivity index (χ1) is 15.1. The zero-order valence-electron chi connectivity index (χ0n) is 18.2. The van der Waals surface area contributed by atoms with Crippen LogP contribution < -0.4 is 4.90 Å². The molecule has 1 aliphatic heterocycles. The molecular weight excluding hydrogens is 406 g/mol. The molecule has 2 heterocycles. The molecule has 3 aromatic rings. The van der Waals surface area contributed by atoms with Crippen molar-refractivity contribution in [3.05, 3.63) is 65.7 Å². The van der Waals surface area contributed by atoms with E-state index < -0.39 is 0 Å². The number of hydrogen-bond donors (Lipinski definition) is 0. The van der Waals surface area contributed by atoms with Gasteiger partial charge in [0, 0.05) is 26.7 Å². The molecule has 2 aromatic carbocycles. The van der Waals surface area contributed by atoms with Gasteiger partial charge in [-0.3, -0.25) is 9.36 Å². The highest BCUT2D eigenvalue weighted by atomic mass is 32.2. The fraction of sp³-hybridized carbons (Fsp3) is 0.375. The quantitative estimate of drug-likeness (QED) is 0.518. The van der Waals surface area contributed by atoms with Crippen molar-refractivity contribution in [3.8, 4) is 5.69 Å². The Labute approximate surface area is 188 Å². The van der Waals surface area contributed by atoms with Crippen LogP contribution in [0.15, 0.2) is 59.8 Å². The second-order valence-corrected chi connectivity index (χ2v) is 8.97. The van der Waals surface area contributed by atoms with Crippen molar-refractivity contribution in [2.24, 2.45) is 0 Å². The fourth-order valence-corrected chi connectivity index (χ4v) is 4.64. The van der Waals surface area contributed by atoms with Gasteiger partial charge in [0.1, 0.15) is 0 Å². The summed E-state index contributed by atoms with van der Waals surface area (Å²) in [5.74, 6) is 1.27. The zero-order valence-corrected chi connectivity index (χ0v) is 19.0. The van der Waals surface area contributed by atoms with Gasteiger partial charge in [-0.1, -0.05) is 59.8 Å². The number of rotatable bonds is 7. The summed E-state index contributed by atoms with van der Waals surface area (Å²) in [4.78, 5) is 16.9. The van der Waals surface area contributed by atoms with Crippen LogP contribution in [0.1, 0.15) is 30.4 Å². The molecule has 162 valence electrons. The molecule has 0 atom stereocenters. The third-order valence-corrected chi connectivity index (χ3v) is 6.47. The number of carbonyl (C=O) groups is 1. The third kappa shape index (κ3) is 5.28. The number of piperidine rings is 1. The van der Waals surface area contributed by atoms with Gasteiger partial charge in [0.2, 0.25) is 11.9 Å². The predicted octanol–water partition coefficient (Wildman–Crippen LogP) is 4.32. The minimum Gasteiger partial charge on any atom is -0.341 e. The lowest BCUT2D eigenvalue weighted by Crippen LogP contribution is -2.31. The van der Waals surface area contributed by atoms with E-state index in [0.717, 1.165) is 35.4 Å². The smallest absolute Gasteiger partial charge is 0.233 e. The Morgan fingerprint density at radius 2 is 1.71 bits per heavy atom. The van der Waals surface area contributed by atoms with Crippen LogP contribution in [-0.2, 0) is 11.3 Å². The highest BCUT2D eigenvalue weighted by Crippen LogP contribution is 2.28. The number of nitrogens with zero attached hydrogens (tertiary/aromatic N) is 5. The largest absolute Gasteiger partial charge is 0.341 e. The average Bonchev–Trinajstić information content (AvgIpc) is 3.24. The van der Waals surface area contributed by atoms with Crippen LogP contribution in [-0.4, -0.2) is 51.5 Å². The summed E-state index contributed by atoms with van der Waals surface area (Å²) in [7, 11) is 1.85. The van der Waals surface area contributed by atoms with Crippen molar-refractivity contribution in [1.82, 2.24) is 19.7 Å². The number of aromatic nitrogens is 3. The Kier molecular flexibility index (Phi) is 6.92. The Bertz CT molecular complexity index is 997. The standard InChI is InChI=1S/C24H29N5OS/c1-19-11-13-20(14-12-19)17-27(2)22(30)18-31-24-26-25-23(28-15-7-4-8-16-28)29(24)21-9-5-3-6-10-21/h3,5-6,9-14H,4,7-8,15-18H2,1-2H3. The zero-order chi connectivity index (χ0) is 21.6. The van der Waals surface area contributed by atoms with Crippen molar-refractivity contribution < 1.29 is 4.79 Å². The molecule has 0 bridgehead atoms. The monoisotopic (exact) mass is 435 g/mol. The summed E-state index contributed by atoms with van der Waals surface area (Å²) in [6.45, 7) is 4.65. The van der Waals surface area contributed by atoms with E-state index in [1.807, 2.05) is 25.2 Å². The number of aryl methyl sites for hydroxylation is 1. The SMILES string of the molecule is Cc1ccc(CN(C)C(=O)CSc2nnc(N3CCCCC3)n2-c2ccccc2)cc1. The summed E-state index contributed by atoms with van der Waals surface area (Å²) in [5.41, 5.74) is 3.38. The maximum atomic E-state index is 12.8. The molecule has 0 radical (unpaired) electrons. The molecule has 4 rings (SSSR count). The van der Waals surface area contributed by atoms with E-state index >= 15 is 0 Å². The van der Waals surface area contributed by atoms with Crippen LogP contribution in [0.5, 0.6) is 0 Å². The van der Waals surface area contributed by atoms with E-state index in [-0.39, 0.29) is 5.91 Å².